The lowest BCUT2D eigenvalue weighted by molar-refractivity contribution is 0.0937. The molecule has 0 aromatic carbocycles. The fraction of sp³-hybridized carbons (Fsp3) is 0.632. The van der Waals surface area contributed by atoms with Crippen molar-refractivity contribution in [3.63, 3.8) is 0 Å². The van der Waals surface area contributed by atoms with Gasteiger partial charge in [0.1, 0.15) is 11.5 Å². The lowest BCUT2D eigenvalue weighted by atomic mass is 10.2. The van der Waals surface area contributed by atoms with Crippen LogP contribution in [0.5, 0.6) is 0 Å². The number of rotatable bonds is 6. The molecule has 2 aromatic rings. The second kappa shape index (κ2) is 6.23. The van der Waals surface area contributed by atoms with Gasteiger partial charge in [0, 0.05) is 12.0 Å². The van der Waals surface area contributed by atoms with Gasteiger partial charge < -0.3 is 14.3 Å². The van der Waals surface area contributed by atoms with Crippen LogP contribution in [0.25, 0.3) is 0 Å². The van der Waals surface area contributed by atoms with Crippen LogP contribution in [0.1, 0.15) is 79.0 Å². The van der Waals surface area contributed by atoms with Crippen molar-refractivity contribution in [2.24, 2.45) is 5.92 Å². The summed E-state index contributed by atoms with van der Waals surface area (Å²) in [7, 11) is 0. The number of aromatic nitrogens is 2. The van der Waals surface area contributed by atoms with Crippen LogP contribution in [0.3, 0.4) is 0 Å². The van der Waals surface area contributed by atoms with Gasteiger partial charge in [-0.15, -0.1) is 0 Å². The topological polar surface area (TPSA) is 84.4 Å². The Bertz CT molecular complexity index is 809. The molecule has 0 radical (unpaired) electrons. The standard InChI is InChI=1S/C19H24N4O3/c1-11-9-14(11)16-7-6-13(25-16)10-23-8-2-3-15(23)19-21-17(22-26-19)18(24)20-12-4-5-12/h6-7,11-12,14-15H,2-5,8-10H2,1H3,(H,20,24)/t11-,14+,15-/m1/s1. The highest BCUT2D eigenvalue weighted by molar-refractivity contribution is 5.90. The number of nitrogens with one attached hydrogen (secondary N) is 1. The Balaban J connectivity index is 1.26. The molecule has 2 aliphatic carbocycles. The van der Waals surface area contributed by atoms with Crippen LogP contribution >= 0.6 is 0 Å². The van der Waals surface area contributed by atoms with Crippen LogP contribution in [-0.2, 0) is 6.54 Å². The molecule has 138 valence electrons. The third-order valence-electron chi connectivity index (χ3n) is 5.72. The number of hydrogen-bond acceptors (Lipinski definition) is 6. The fourth-order valence-corrected chi connectivity index (χ4v) is 3.83. The van der Waals surface area contributed by atoms with E-state index in [4.69, 9.17) is 8.94 Å². The molecule has 7 heteroatoms. The fourth-order valence-electron chi connectivity index (χ4n) is 3.83. The average molecular weight is 356 g/mol. The first-order valence-electron chi connectivity index (χ1n) is 9.64. The van der Waals surface area contributed by atoms with Crippen LogP contribution in [0.15, 0.2) is 21.1 Å². The zero-order valence-corrected chi connectivity index (χ0v) is 15.0. The predicted octanol–water partition coefficient (Wildman–Crippen LogP) is 3.02. The summed E-state index contributed by atoms with van der Waals surface area (Å²) in [5.74, 6) is 3.88. The van der Waals surface area contributed by atoms with Crippen LogP contribution in [0.4, 0.5) is 0 Å². The Morgan fingerprint density at radius 3 is 2.96 bits per heavy atom. The van der Waals surface area contributed by atoms with Gasteiger partial charge in [-0.2, -0.15) is 4.98 Å². The Morgan fingerprint density at radius 1 is 1.35 bits per heavy atom. The first-order chi connectivity index (χ1) is 12.7. The third-order valence-corrected chi connectivity index (χ3v) is 5.72. The summed E-state index contributed by atoms with van der Waals surface area (Å²) >= 11 is 0. The van der Waals surface area contributed by atoms with Crippen molar-refractivity contribution in [1.29, 1.82) is 0 Å². The van der Waals surface area contributed by atoms with Gasteiger partial charge in [-0.05, 0) is 56.7 Å². The summed E-state index contributed by atoms with van der Waals surface area (Å²) in [6.07, 6.45) is 5.34. The van der Waals surface area contributed by atoms with Crippen LogP contribution in [0.2, 0.25) is 0 Å². The first-order valence-corrected chi connectivity index (χ1v) is 9.64. The Labute approximate surface area is 152 Å². The zero-order chi connectivity index (χ0) is 17.7. The molecule has 7 nitrogen and oxygen atoms in total. The summed E-state index contributed by atoms with van der Waals surface area (Å²) in [5, 5.41) is 6.77. The van der Waals surface area contributed by atoms with Crippen LogP contribution in [-0.4, -0.2) is 33.5 Å². The SMILES string of the molecule is C[C@@H]1C[C@@H]1c1ccc(CN2CCC[C@@H]2c2nc(C(=O)NC3CC3)no2)o1. The molecule has 1 saturated heterocycles. The van der Waals surface area contributed by atoms with Gasteiger partial charge in [0.25, 0.3) is 11.7 Å². The number of hydrogen-bond donors (Lipinski definition) is 1. The number of nitrogens with zero attached hydrogens (tertiary/aromatic N) is 3. The summed E-state index contributed by atoms with van der Waals surface area (Å²) in [6, 6.07) is 4.53. The van der Waals surface area contributed by atoms with Crippen molar-refractivity contribution in [1.82, 2.24) is 20.4 Å². The van der Waals surface area contributed by atoms with Gasteiger partial charge in [0.2, 0.25) is 5.89 Å². The van der Waals surface area contributed by atoms with Crippen molar-refractivity contribution < 1.29 is 13.7 Å². The molecule has 2 aromatic heterocycles. The van der Waals surface area contributed by atoms with Gasteiger partial charge in [-0.25, -0.2) is 0 Å². The lowest BCUT2D eigenvalue weighted by Gasteiger charge is -2.19. The predicted molar refractivity (Wildman–Crippen MR) is 92.4 cm³/mol. The molecule has 2 saturated carbocycles. The van der Waals surface area contributed by atoms with Crippen LogP contribution < -0.4 is 5.32 Å². The van der Waals surface area contributed by atoms with E-state index in [0.717, 1.165) is 56.2 Å². The molecule has 3 aliphatic rings. The molecular formula is C19H24N4O3. The molecule has 1 N–H and O–H groups in total. The number of furan rings is 1. The highest BCUT2D eigenvalue weighted by atomic mass is 16.5. The molecule has 26 heavy (non-hydrogen) atoms. The number of carbonyl (C=O) groups excluding carboxylic acids is 1. The molecule has 0 bridgehead atoms. The van der Waals surface area contributed by atoms with Gasteiger partial charge in [0.15, 0.2) is 0 Å². The van der Waals surface area contributed by atoms with E-state index in [9.17, 15) is 4.79 Å². The number of carbonyl (C=O) groups is 1. The number of amides is 1. The normalized spacial score (nSPS) is 28.4. The van der Waals surface area contributed by atoms with E-state index < -0.39 is 0 Å². The maximum atomic E-state index is 12.1. The quantitative estimate of drug-likeness (QED) is 0.856. The molecule has 0 spiro atoms. The highest BCUT2D eigenvalue weighted by Gasteiger charge is 2.37. The van der Waals surface area contributed by atoms with E-state index in [1.807, 2.05) is 0 Å². The summed E-state index contributed by atoms with van der Waals surface area (Å²) < 4.78 is 11.5. The van der Waals surface area contributed by atoms with Gasteiger partial charge in [-0.3, -0.25) is 9.69 Å². The van der Waals surface area contributed by atoms with Gasteiger partial charge in [0.05, 0.1) is 12.6 Å². The van der Waals surface area contributed by atoms with E-state index in [0.29, 0.717) is 11.8 Å². The molecule has 0 unspecified atom stereocenters. The summed E-state index contributed by atoms with van der Waals surface area (Å²) in [5.41, 5.74) is 0. The minimum absolute atomic E-state index is 0.0540. The summed E-state index contributed by atoms with van der Waals surface area (Å²) in [6.45, 7) is 3.96. The minimum atomic E-state index is -0.235. The highest BCUT2D eigenvalue weighted by Crippen LogP contribution is 2.47. The average Bonchev–Trinajstić information content (AvgIpc) is 3.37. The van der Waals surface area contributed by atoms with Crippen LogP contribution in [0, 0.1) is 5.92 Å². The summed E-state index contributed by atoms with van der Waals surface area (Å²) in [4.78, 5) is 18.7. The smallest absolute Gasteiger partial charge is 0.292 e. The second-order valence-corrected chi connectivity index (χ2v) is 7.96. The Hall–Kier alpha value is -2.15. The van der Waals surface area contributed by atoms with Gasteiger partial charge in [-0.1, -0.05) is 12.1 Å². The molecular weight excluding hydrogens is 332 g/mol. The zero-order valence-electron chi connectivity index (χ0n) is 15.0. The molecule has 1 aliphatic heterocycles. The second-order valence-electron chi connectivity index (χ2n) is 7.96. The molecule has 3 fully saturated rings. The first kappa shape index (κ1) is 16.1. The van der Waals surface area contributed by atoms with E-state index in [2.05, 4.69) is 39.4 Å². The Morgan fingerprint density at radius 2 is 2.19 bits per heavy atom. The van der Waals surface area contributed by atoms with E-state index in [1.54, 1.807) is 0 Å². The maximum absolute atomic E-state index is 12.1. The van der Waals surface area contributed by atoms with E-state index >= 15 is 0 Å². The molecule has 3 heterocycles. The molecule has 1 amide bonds. The minimum Gasteiger partial charge on any atom is -0.464 e. The molecule has 3 atom stereocenters. The van der Waals surface area contributed by atoms with Gasteiger partial charge >= 0.3 is 0 Å². The largest absolute Gasteiger partial charge is 0.464 e. The lowest BCUT2D eigenvalue weighted by Crippen LogP contribution is -2.26. The number of likely N-dealkylation sites (tertiary alicyclic amines) is 1. The van der Waals surface area contributed by atoms with Crippen molar-refractivity contribution in [3.05, 3.63) is 35.4 Å². The van der Waals surface area contributed by atoms with Crippen molar-refractivity contribution in [2.75, 3.05) is 6.54 Å². The van der Waals surface area contributed by atoms with Crippen molar-refractivity contribution in [3.8, 4) is 0 Å². The van der Waals surface area contributed by atoms with Crippen molar-refractivity contribution in [2.45, 2.75) is 63.6 Å². The molecule has 5 rings (SSSR count). The van der Waals surface area contributed by atoms with E-state index in [1.165, 1.54) is 6.42 Å². The van der Waals surface area contributed by atoms with Crippen molar-refractivity contribution >= 4 is 5.91 Å². The third kappa shape index (κ3) is 3.16. The van der Waals surface area contributed by atoms with E-state index in [-0.39, 0.29) is 23.8 Å². The maximum Gasteiger partial charge on any atom is 0.292 e. The monoisotopic (exact) mass is 356 g/mol. The Kier molecular flexibility index (Phi) is 3.85.